The molecule has 4 aromatic heterocycles. The zero-order chi connectivity index (χ0) is 18.5. The van der Waals surface area contributed by atoms with Crippen molar-refractivity contribution in [1.29, 1.82) is 0 Å². The molecule has 4 aromatic rings. The molecule has 132 valence electrons. The van der Waals surface area contributed by atoms with Crippen molar-refractivity contribution >= 4 is 32.1 Å². The van der Waals surface area contributed by atoms with Gasteiger partial charge in [0.2, 0.25) is 10.0 Å². The van der Waals surface area contributed by atoms with E-state index in [1.807, 2.05) is 30.5 Å². The number of pyridine rings is 3. The van der Waals surface area contributed by atoms with Crippen LogP contribution >= 0.6 is 0 Å². The highest BCUT2D eigenvalue weighted by Gasteiger charge is 2.17. The fourth-order valence-corrected chi connectivity index (χ4v) is 3.40. The van der Waals surface area contributed by atoms with E-state index in [0.717, 1.165) is 22.1 Å². The highest BCUT2D eigenvalue weighted by atomic mass is 32.2. The normalized spacial score (nSPS) is 13.3. The fourth-order valence-electron chi connectivity index (χ4n) is 2.94. The van der Waals surface area contributed by atoms with Crippen LogP contribution in [0.15, 0.2) is 47.9 Å². The Bertz CT molecular complexity index is 1230. The molecule has 0 spiro atoms. The lowest BCUT2D eigenvalue weighted by atomic mass is 10.2. The number of aryl methyl sites for hydroxylation is 1. The Balaban J connectivity index is 1.86. The topological polar surface area (TPSA) is 117 Å². The first-order chi connectivity index (χ1) is 12.3. The lowest BCUT2D eigenvalue weighted by Gasteiger charge is -2.15. The summed E-state index contributed by atoms with van der Waals surface area (Å²) >= 11 is 0. The van der Waals surface area contributed by atoms with Crippen LogP contribution in [-0.4, -0.2) is 32.9 Å². The molecule has 0 saturated carbocycles. The minimum Gasteiger partial charge on any atom is -0.321 e. The average molecular weight is 368 g/mol. The Kier molecular flexibility index (Phi) is 3.70. The summed E-state index contributed by atoms with van der Waals surface area (Å²) in [6.07, 6.45) is 4.70. The number of imidazole rings is 1. The quantitative estimate of drug-likeness (QED) is 0.590. The number of rotatable bonds is 3. The zero-order valence-electron chi connectivity index (χ0n) is 14.2. The Morgan fingerprint density at radius 2 is 1.88 bits per heavy atom. The summed E-state index contributed by atoms with van der Waals surface area (Å²) in [6.45, 7) is 3.89. The van der Waals surface area contributed by atoms with Gasteiger partial charge in [-0.2, -0.15) is 0 Å². The summed E-state index contributed by atoms with van der Waals surface area (Å²) in [6, 6.07) is 6.86. The first kappa shape index (κ1) is 16.6. The molecule has 0 aliphatic rings. The van der Waals surface area contributed by atoms with Gasteiger partial charge in [0, 0.05) is 17.3 Å². The minimum absolute atomic E-state index is 0.0155. The number of hydrogen-bond donors (Lipinski definition) is 1. The smallest absolute Gasteiger partial charge is 0.239 e. The van der Waals surface area contributed by atoms with Crippen LogP contribution in [0.25, 0.3) is 22.1 Å². The SMILES string of the molecule is Cc1ccc2c(ncc3ncn([C@H](C)c4ccc(S(N)(=O)=O)cn4)c32)n1. The number of primary sulfonamides is 1. The highest BCUT2D eigenvalue weighted by Crippen LogP contribution is 2.27. The molecular formula is C17H16N6O2S. The van der Waals surface area contributed by atoms with Crippen molar-refractivity contribution in [3.63, 3.8) is 0 Å². The van der Waals surface area contributed by atoms with Gasteiger partial charge in [0.1, 0.15) is 10.4 Å². The van der Waals surface area contributed by atoms with Crippen molar-refractivity contribution in [2.45, 2.75) is 24.8 Å². The van der Waals surface area contributed by atoms with Crippen molar-refractivity contribution in [2.24, 2.45) is 5.14 Å². The lowest BCUT2D eigenvalue weighted by molar-refractivity contribution is 0.596. The van der Waals surface area contributed by atoms with Gasteiger partial charge in [-0.3, -0.25) is 4.98 Å². The number of aromatic nitrogens is 5. The second-order valence-corrected chi connectivity index (χ2v) is 7.67. The third-order valence-electron chi connectivity index (χ3n) is 4.33. The van der Waals surface area contributed by atoms with Crippen LogP contribution in [0.2, 0.25) is 0 Å². The van der Waals surface area contributed by atoms with E-state index in [4.69, 9.17) is 5.14 Å². The molecule has 9 heteroatoms. The molecule has 4 rings (SSSR count). The van der Waals surface area contributed by atoms with Gasteiger partial charge in [-0.15, -0.1) is 0 Å². The van der Waals surface area contributed by atoms with Gasteiger partial charge in [-0.25, -0.2) is 28.5 Å². The van der Waals surface area contributed by atoms with Crippen LogP contribution in [0.5, 0.6) is 0 Å². The Morgan fingerprint density at radius 1 is 1.08 bits per heavy atom. The Hall–Kier alpha value is -2.91. The monoisotopic (exact) mass is 368 g/mol. The van der Waals surface area contributed by atoms with Crippen molar-refractivity contribution < 1.29 is 8.42 Å². The molecule has 0 radical (unpaired) electrons. The number of fused-ring (bicyclic) bond motifs is 3. The van der Waals surface area contributed by atoms with E-state index in [0.29, 0.717) is 11.3 Å². The third kappa shape index (κ3) is 2.71. The molecule has 8 nitrogen and oxygen atoms in total. The predicted molar refractivity (Wildman–Crippen MR) is 97.0 cm³/mol. The van der Waals surface area contributed by atoms with Crippen molar-refractivity contribution in [2.75, 3.05) is 0 Å². The second-order valence-electron chi connectivity index (χ2n) is 6.11. The van der Waals surface area contributed by atoms with Gasteiger partial charge in [0.15, 0.2) is 5.65 Å². The third-order valence-corrected chi connectivity index (χ3v) is 5.23. The van der Waals surface area contributed by atoms with Crippen LogP contribution in [0.1, 0.15) is 24.4 Å². The molecule has 0 bridgehead atoms. The van der Waals surface area contributed by atoms with Crippen LogP contribution in [0, 0.1) is 6.92 Å². The van der Waals surface area contributed by atoms with Crippen molar-refractivity contribution in [3.05, 3.63) is 54.4 Å². The molecule has 0 aliphatic carbocycles. The molecule has 1 atom stereocenters. The summed E-state index contributed by atoms with van der Waals surface area (Å²) in [7, 11) is -3.76. The van der Waals surface area contributed by atoms with Gasteiger partial charge < -0.3 is 4.57 Å². The summed E-state index contributed by atoms with van der Waals surface area (Å²) in [5.74, 6) is 0. The van der Waals surface area contributed by atoms with E-state index >= 15 is 0 Å². The number of hydrogen-bond acceptors (Lipinski definition) is 6. The maximum Gasteiger partial charge on any atom is 0.239 e. The summed E-state index contributed by atoms with van der Waals surface area (Å²) in [4.78, 5) is 17.5. The Morgan fingerprint density at radius 3 is 2.58 bits per heavy atom. The van der Waals surface area contributed by atoms with Gasteiger partial charge >= 0.3 is 0 Å². The van der Waals surface area contributed by atoms with Gasteiger partial charge in [0.25, 0.3) is 0 Å². The molecule has 0 aromatic carbocycles. The summed E-state index contributed by atoms with van der Waals surface area (Å²) in [5, 5.41) is 6.03. The van der Waals surface area contributed by atoms with E-state index in [1.165, 1.54) is 12.3 Å². The number of sulfonamides is 1. The predicted octanol–water partition coefficient (Wildman–Crippen LogP) is 1.94. The maximum absolute atomic E-state index is 11.4. The van der Waals surface area contributed by atoms with Crippen LogP contribution < -0.4 is 5.14 Å². The molecular weight excluding hydrogens is 352 g/mol. The fraction of sp³-hybridized carbons (Fsp3) is 0.176. The molecule has 0 amide bonds. The van der Waals surface area contributed by atoms with Gasteiger partial charge in [-0.1, -0.05) is 0 Å². The summed E-state index contributed by atoms with van der Waals surface area (Å²) < 4.78 is 24.8. The molecule has 0 aliphatic heterocycles. The van der Waals surface area contributed by atoms with Crippen LogP contribution in [-0.2, 0) is 10.0 Å². The highest BCUT2D eigenvalue weighted by molar-refractivity contribution is 7.89. The maximum atomic E-state index is 11.4. The first-order valence-electron chi connectivity index (χ1n) is 7.92. The largest absolute Gasteiger partial charge is 0.321 e. The van der Waals surface area contributed by atoms with E-state index in [9.17, 15) is 8.42 Å². The first-order valence-corrected chi connectivity index (χ1v) is 9.47. The number of nitrogens with two attached hydrogens (primary N) is 1. The van der Waals surface area contributed by atoms with E-state index < -0.39 is 10.0 Å². The molecule has 0 saturated heterocycles. The average Bonchev–Trinajstić information content (AvgIpc) is 3.04. The summed E-state index contributed by atoms with van der Waals surface area (Å²) in [5.41, 5.74) is 3.91. The molecule has 26 heavy (non-hydrogen) atoms. The molecule has 2 N–H and O–H groups in total. The van der Waals surface area contributed by atoms with Crippen molar-refractivity contribution in [1.82, 2.24) is 24.5 Å². The van der Waals surface area contributed by atoms with E-state index in [2.05, 4.69) is 19.9 Å². The second kappa shape index (κ2) is 5.82. The molecule has 4 heterocycles. The van der Waals surface area contributed by atoms with E-state index in [-0.39, 0.29) is 10.9 Å². The van der Waals surface area contributed by atoms with Gasteiger partial charge in [0.05, 0.1) is 29.8 Å². The Labute approximate surface area is 149 Å². The standard InChI is InChI=1S/C17H16N6O2S/c1-10-3-5-13-16-15(8-20-17(13)22-10)21-9-23(16)11(2)14-6-4-12(7-19-14)26(18,24)25/h3-9,11H,1-2H3,(H2,18,24,25)/t11-/m1/s1. The van der Waals surface area contributed by atoms with E-state index in [1.54, 1.807) is 18.6 Å². The van der Waals surface area contributed by atoms with Gasteiger partial charge in [-0.05, 0) is 38.1 Å². The number of nitrogens with zero attached hydrogens (tertiary/aromatic N) is 5. The molecule has 0 fully saturated rings. The minimum atomic E-state index is -3.76. The zero-order valence-corrected chi connectivity index (χ0v) is 15.0. The molecule has 0 unspecified atom stereocenters. The van der Waals surface area contributed by atoms with Crippen molar-refractivity contribution in [3.8, 4) is 0 Å². The lowest BCUT2D eigenvalue weighted by Crippen LogP contribution is -2.13. The van der Waals surface area contributed by atoms with Crippen LogP contribution in [0.4, 0.5) is 0 Å². The van der Waals surface area contributed by atoms with Crippen LogP contribution in [0.3, 0.4) is 0 Å².